The topological polar surface area (TPSA) is 20.2 Å². The first-order valence-electron chi connectivity index (χ1n) is 2.02. The first-order chi connectivity index (χ1) is 2.41. The molecule has 0 amide bonds. The van der Waals surface area contributed by atoms with Crippen LogP contribution in [0, 0.1) is 0 Å². The molecule has 0 unspecified atom stereocenters. The van der Waals surface area contributed by atoms with Crippen LogP contribution in [-0.2, 0) is 17.1 Å². The Morgan fingerprint density at radius 2 is 1.44 bits per heavy atom. The second kappa shape index (κ2) is 34.5. The molecule has 9 heavy (non-hydrogen) atoms. The van der Waals surface area contributed by atoms with Crippen molar-refractivity contribution in [1.29, 1.82) is 0 Å². The van der Waals surface area contributed by atoms with Crippen LogP contribution in [0.1, 0.15) is 19.8 Å². The number of rotatable bonds is 2. The van der Waals surface area contributed by atoms with Gasteiger partial charge in [0.1, 0.15) is 0 Å². The van der Waals surface area contributed by atoms with E-state index in [-0.39, 0.29) is 54.3 Å². The van der Waals surface area contributed by atoms with Crippen molar-refractivity contribution in [2.45, 2.75) is 19.8 Å². The summed E-state index contributed by atoms with van der Waals surface area (Å²) in [5.74, 6) is 0. The fraction of sp³-hybridized carbons (Fsp3) is 1.00. The second-order valence-corrected chi connectivity index (χ2v) is 1.08. The normalized spacial score (nSPS) is 4.67. The zero-order valence-electron chi connectivity index (χ0n) is 5.06. The van der Waals surface area contributed by atoms with Gasteiger partial charge >= 0.3 is 17.1 Å². The van der Waals surface area contributed by atoms with E-state index in [1.807, 2.05) is 0 Å². The minimum Gasteiger partial charge on any atom is -1.00 e. The molecule has 0 rings (SSSR count). The van der Waals surface area contributed by atoms with Gasteiger partial charge in [0.2, 0.25) is 0 Å². The van der Waals surface area contributed by atoms with Crippen LogP contribution < -0.4 is 37.2 Å². The number of unbranched alkanes of at least 4 members (excludes halogenated alkanes) is 1. The molecule has 0 bridgehead atoms. The molecule has 0 saturated carbocycles. The van der Waals surface area contributed by atoms with Crippen molar-refractivity contribution in [3.63, 3.8) is 0 Å². The minimum atomic E-state index is 0. The van der Waals surface area contributed by atoms with E-state index in [9.17, 15) is 0 Å². The van der Waals surface area contributed by atoms with Crippen molar-refractivity contribution < 1.29 is 59.4 Å². The summed E-state index contributed by atoms with van der Waals surface area (Å²) in [6.07, 6.45) is 2.04. The maximum Gasteiger partial charge on any atom is 3.00 e. The van der Waals surface area contributed by atoms with E-state index in [4.69, 9.17) is 5.11 Å². The fourth-order valence-corrected chi connectivity index (χ4v) is 0.158. The van der Waals surface area contributed by atoms with Gasteiger partial charge < -0.3 is 42.3 Å². The van der Waals surface area contributed by atoms with Crippen LogP contribution in [0.3, 0.4) is 0 Å². The Morgan fingerprint density at radius 3 is 1.44 bits per heavy atom. The largest absolute Gasteiger partial charge is 3.00 e. The molecular weight excluding hydrogens is 226 g/mol. The molecule has 0 heterocycles. The van der Waals surface area contributed by atoms with E-state index >= 15 is 0 Å². The molecule has 1 radical (unpaired) electrons. The van der Waals surface area contributed by atoms with Gasteiger partial charge in [0.05, 0.1) is 0 Å². The van der Waals surface area contributed by atoms with Gasteiger partial charge in [0.25, 0.3) is 0 Å². The van der Waals surface area contributed by atoms with Crippen LogP contribution in [0.25, 0.3) is 0 Å². The molecule has 0 aromatic rings. The number of hydrogen-bond donors (Lipinski definition) is 1. The quantitative estimate of drug-likeness (QED) is 0.472. The summed E-state index contributed by atoms with van der Waals surface area (Å²) < 4.78 is 0. The van der Waals surface area contributed by atoms with Crippen LogP contribution in [0.4, 0.5) is 0 Å². The van der Waals surface area contributed by atoms with Gasteiger partial charge in [-0.3, -0.25) is 0 Å². The summed E-state index contributed by atoms with van der Waals surface area (Å²) in [6, 6.07) is 0. The van der Waals surface area contributed by atoms with Gasteiger partial charge in [-0.05, 0) is 6.42 Å². The Kier molecular flexibility index (Phi) is 121. The molecule has 0 aliphatic rings. The zero-order chi connectivity index (χ0) is 4.12. The summed E-state index contributed by atoms with van der Waals surface area (Å²) in [7, 11) is 0. The van der Waals surface area contributed by atoms with Gasteiger partial charge in [-0.2, -0.15) is 0 Å². The molecule has 0 aromatic carbocycles. The molecule has 5 heteroatoms. The predicted octanol–water partition coefficient (Wildman–Crippen LogP) is -8.21. The molecule has 0 aliphatic carbocycles. The molecule has 0 aromatic heterocycles. The Bertz CT molecular complexity index is 23.3. The predicted molar refractivity (Wildman–Crippen MR) is 22.0 cm³/mol. The maximum absolute atomic E-state index is 8.07. The Morgan fingerprint density at radius 1 is 1.11 bits per heavy atom. The van der Waals surface area contributed by atoms with E-state index in [1.165, 1.54) is 0 Å². The van der Waals surface area contributed by atoms with Crippen molar-refractivity contribution in [1.82, 2.24) is 0 Å². The third-order valence-corrected chi connectivity index (χ3v) is 0.512. The molecule has 1 N–H and O–H groups in total. The Balaban J connectivity index is -0.0000000133. The molecular formula is C4H10Cl3FeO. The molecule has 0 saturated heterocycles. The number of halogens is 3. The third kappa shape index (κ3) is 45.0. The monoisotopic (exact) mass is 235 g/mol. The van der Waals surface area contributed by atoms with Crippen molar-refractivity contribution >= 4 is 0 Å². The van der Waals surface area contributed by atoms with Crippen LogP contribution >= 0.6 is 0 Å². The first kappa shape index (κ1) is 31.6. The van der Waals surface area contributed by atoms with Crippen LogP contribution in [-0.4, -0.2) is 11.7 Å². The molecule has 61 valence electrons. The van der Waals surface area contributed by atoms with Crippen LogP contribution in [0.2, 0.25) is 0 Å². The number of aliphatic hydroxyl groups excluding tert-OH is 1. The first-order valence-corrected chi connectivity index (χ1v) is 2.02. The summed E-state index contributed by atoms with van der Waals surface area (Å²) >= 11 is 0. The Hall–Kier alpha value is 1.35. The van der Waals surface area contributed by atoms with E-state index in [1.54, 1.807) is 0 Å². The van der Waals surface area contributed by atoms with E-state index < -0.39 is 0 Å². The van der Waals surface area contributed by atoms with Crippen molar-refractivity contribution in [2.24, 2.45) is 0 Å². The van der Waals surface area contributed by atoms with Crippen LogP contribution in [0.15, 0.2) is 0 Å². The minimum absolute atomic E-state index is 0. The molecule has 0 atom stereocenters. The summed E-state index contributed by atoms with van der Waals surface area (Å²) in [5, 5.41) is 8.07. The average molecular weight is 236 g/mol. The summed E-state index contributed by atoms with van der Waals surface area (Å²) in [4.78, 5) is 0. The SMILES string of the molecule is CCCCO.[Cl-].[Cl-].[Cl-].[Fe+3]. The van der Waals surface area contributed by atoms with Gasteiger partial charge in [-0.1, -0.05) is 13.3 Å². The summed E-state index contributed by atoms with van der Waals surface area (Å²) in [5.41, 5.74) is 0. The van der Waals surface area contributed by atoms with Crippen molar-refractivity contribution in [2.75, 3.05) is 6.61 Å². The maximum atomic E-state index is 8.07. The molecule has 0 fully saturated rings. The van der Waals surface area contributed by atoms with E-state index in [0.29, 0.717) is 6.61 Å². The fourth-order valence-electron chi connectivity index (χ4n) is 0.158. The molecule has 0 spiro atoms. The smallest absolute Gasteiger partial charge is 1.00 e. The molecule has 0 aliphatic heterocycles. The number of hydrogen-bond acceptors (Lipinski definition) is 1. The van der Waals surface area contributed by atoms with E-state index in [0.717, 1.165) is 12.8 Å². The van der Waals surface area contributed by atoms with Crippen molar-refractivity contribution in [3.8, 4) is 0 Å². The number of aliphatic hydroxyl groups is 1. The Labute approximate surface area is 85.7 Å². The van der Waals surface area contributed by atoms with Gasteiger partial charge in [-0.25, -0.2) is 0 Å². The zero-order valence-corrected chi connectivity index (χ0v) is 8.43. The van der Waals surface area contributed by atoms with E-state index in [2.05, 4.69) is 6.92 Å². The standard InChI is InChI=1S/C4H10O.3ClH.Fe/c1-2-3-4-5;;;;/h5H,2-4H2,1H3;3*1H;/q;;;;+3/p-3. The van der Waals surface area contributed by atoms with Gasteiger partial charge in [0, 0.05) is 6.61 Å². The van der Waals surface area contributed by atoms with Crippen LogP contribution in [0.5, 0.6) is 0 Å². The molecule has 1 nitrogen and oxygen atoms in total. The summed E-state index contributed by atoms with van der Waals surface area (Å²) in [6.45, 7) is 2.40. The van der Waals surface area contributed by atoms with Gasteiger partial charge in [-0.15, -0.1) is 0 Å². The van der Waals surface area contributed by atoms with Crippen molar-refractivity contribution in [3.05, 3.63) is 0 Å². The van der Waals surface area contributed by atoms with Gasteiger partial charge in [0.15, 0.2) is 0 Å². The second-order valence-electron chi connectivity index (χ2n) is 1.08. The third-order valence-electron chi connectivity index (χ3n) is 0.512. The average Bonchev–Trinajstić information content (AvgIpc) is 1.41.